The summed E-state index contributed by atoms with van der Waals surface area (Å²) >= 11 is 0. The Balaban J connectivity index is 2.44. The Labute approximate surface area is 122 Å². The highest BCUT2D eigenvalue weighted by molar-refractivity contribution is 5.50. The second kappa shape index (κ2) is 6.25. The number of nitrogens with zero attached hydrogens (tertiary/aromatic N) is 1. The van der Waals surface area contributed by atoms with E-state index in [-0.39, 0.29) is 0 Å². The maximum Gasteiger partial charge on any atom is 0.169 e. The van der Waals surface area contributed by atoms with E-state index in [4.69, 9.17) is 20.5 Å². The Morgan fingerprint density at radius 2 is 1.95 bits per heavy atom. The molecule has 0 fully saturated rings. The topological polar surface area (TPSA) is 68.3 Å². The fourth-order valence-corrected chi connectivity index (χ4v) is 1.99. The largest absolute Gasteiger partial charge is 0.493 e. The lowest BCUT2D eigenvalue weighted by Crippen LogP contribution is -2.09. The molecule has 5 heteroatoms. The SMILES string of the molecule is COc1cc(C#N)ccc1Oc1cccc(F)c1[C@@H](C)N. The van der Waals surface area contributed by atoms with Crippen LogP contribution in [0.5, 0.6) is 17.2 Å². The van der Waals surface area contributed by atoms with E-state index >= 15 is 0 Å². The van der Waals surface area contributed by atoms with Crippen LogP contribution in [0.25, 0.3) is 0 Å². The number of benzene rings is 2. The number of methoxy groups -OCH3 is 1. The van der Waals surface area contributed by atoms with Gasteiger partial charge in [-0.15, -0.1) is 0 Å². The summed E-state index contributed by atoms with van der Waals surface area (Å²) in [5.74, 6) is 0.695. The Morgan fingerprint density at radius 3 is 2.57 bits per heavy atom. The van der Waals surface area contributed by atoms with Gasteiger partial charge in [0.1, 0.15) is 11.6 Å². The van der Waals surface area contributed by atoms with Crippen molar-refractivity contribution in [2.75, 3.05) is 7.11 Å². The third kappa shape index (κ3) is 3.12. The molecule has 0 aliphatic carbocycles. The minimum absolute atomic E-state index is 0.295. The van der Waals surface area contributed by atoms with Crippen LogP contribution in [-0.4, -0.2) is 7.11 Å². The number of hydrogen-bond acceptors (Lipinski definition) is 4. The monoisotopic (exact) mass is 286 g/mol. The predicted octanol–water partition coefficient (Wildman–Crippen LogP) is 3.52. The molecule has 0 radical (unpaired) electrons. The average molecular weight is 286 g/mol. The molecule has 0 aliphatic rings. The summed E-state index contributed by atoms with van der Waals surface area (Å²) in [6.45, 7) is 1.68. The lowest BCUT2D eigenvalue weighted by atomic mass is 10.1. The molecule has 0 heterocycles. The maximum atomic E-state index is 13.9. The van der Waals surface area contributed by atoms with Gasteiger partial charge in [-0.25, -0.2) is 4.39 Å². The van der Waals surface area contributed by atoms with Crippen molar-refractivity contribution in [3.05, 3.63) is 53.3 Å². The lowest BCUT2D eigenvalue weighted by molar-refractivity contribution is 0.375. The van der Waals surface area contributed by atoms with Crippen LogP contribution in [0.4, 0.5) is 4.39 Å². The molecule has 1 atom stereocenters. The van der Waals surface area contributed by atoms with Crippen LogP contribution in [0, 0.1) is 17.1 Å². The van der Waals surface area contributed by atoms with E-state index in [9.17, 15) is 4.39 Å². The first-order valence-electron chi connectivity index (χ1n) is 6.36. The molecule has 4 nitrogen and oxygen atoms in total. The van der Waals surface area contributed by atoms with E-state index in [2.05, 4.69) is 0 Å². The molecule has 0 saturated carbocycles. The van der Waals surface area contributed by atoms with Crippen LogP contribution in [0.2, 0.25) is 0 Å². The molecule has 2 N–H and O–H groups in total. The van der Waals surface area contributed by atoms with Crippen LogP contribution in [0.3, 0.4) is 0 Å². The number of nitrogens with two attached hydrogens (primary N) is 1. The van der Waals surface area contributed by atoms with Crippen LogP contribution in [0.15, 0.2) is 36.4 Å². The minimum atomic E-state index is -0.509. The third-order valence-electron chi connectivity index (χ3n) is 2.98. The molecule has 2 rings (SSSR count). The predicted molar refractivity (Wildman–Crippen MR) is 76.8 cm³/mol. The van der Waals surface area contributed by atoms with Crippen molar-refractivity contribution >= 4 is 0 Å². The van der Waals surface area contributed by atoms with Gasteiger partial charge in [0.15, 0.2) is 11.5 Å². The van der Waals surface area contributed by atoms with Crippen molar-refractivity contribution in [2.45, 2.75) is 13.0 Å². The fourth-order valence-electron chi connectivity index (χ4n) is 1.99. The highest BCUT2D eigenvalue weighted by Crippen LogP contribution is 2.36. The first-order chi connectivity index (χ1) is 10.1. The molecule has 2 aromatic carbocycles. The lowest BCUT2D eigenvalue weighted by Gasteiger charge is -2.16. The van der Waals surface area contributed by atoms with Gasteiger partial charge in [-0.05, 0) is 31.2 Å². The number of rotatable bonds is 4. The van der Waals surface area contributed by atoms with Crippen molar-refractivity contribution in [3.8, 4) is 23.3 Å². The quantitative estimate of drug-likeness (QED) is 0.933. The second-order valence-electron chi connectivity index (χ2n) is 4.52. The van der Waals surface area contributed by atoms with Crippen molar-refractivity contribution in [1.29, 1.82) is 5.26 Å². The Bertz CT molecular complexity index is 693. The number of nitriles is 1. The van der Waals surface area contributed by atoms with E-state index in [0.717, 1.165) is 0 Å². The zero-order valence-corrected chi connectivity index (χ0v) is 11.8. The smallest absolute Gasteiger partial charge is 0.169 e. The molecule has 0 bridgehead atoms. The van der Waals surface area contributed by atoms with Gasteiger partial charge < -0.3 is 15.2 Å². The van der Waals surface area contributed by atoms with Crippen LogP contribution >= 0.6 is 0 Å². The maximum absolute atomic E-state index is 13.9. The molecule has 0 aliphatic heterocycles. The first-order valence-corrected chi connectivity index (χ1v) is 6.36. The summed E-state index contributed by atoms with van der Waals surface area (Å²) in [7, 11) is 1.47. The molecule has 2 aromatic rings. The summed E-state index contributed by atoms with van der Waals surface area (Å²) in [5.41, 5.74) is 6.54. The van der Waals surface area contributed by atoms with Gasteiger partial charge in [0.25, 0.3) is 0 Å². The van der Waals surface area contributed by atoms with Crippen molar-refractivity contribution < 1.29 is 13.9 Å². The average Bonchev–Trinajstić information content (AvgIpc) is 2.47. The summed E-state index contributed by atoms with van der Waals surface area (Å²) < 4.78 is 24.8. The molecule has 108 valence electrons. The highest BCUT2D eigenvalue weighted by atomic mass is 19.1. The van der Waals surface area contributed by atoms with Crippen molar-refractivity contribution in [2.24, 2.45) is 5.73 Å². The number of ether oxygens (including phenoxy) is 2. The van der Waals surface area contributed by atoms with Gasteiger partial charge in [0.05, 0.1) is 18.7 Å². The van der Waals surface area contributed by atoms with E-state index in [1.165, 1.54) is 13.2 Å². The Morgan fingerprint density at radius 1 is 1.19 bits per heavy atom. The summed E-state index contributed by atoms with van der Waals surface area (Å²) in [4.78, 5) is 0. The number of halogens is 1. The van der Waals surface area contributed by atoms with Gasteiger partial charge in [-0.1, -0.05) is 6.07 Å². The van der Waals surface area contributed by atoms with Gasteiger partial charge in [0.2, 0.25) is 0 Å². The van der Waals surface area contributed by atoms with Crippen molar-refractivity contribution in [3.63, 3.8) is 0 Å². The van der Waals surface area contributed by atoms with Crippen LogP contribution in [0.1, 0.15) is 24.1 Å². The summed E-state index contributed by atoms with van der Waals surface area (Å²) in [6, 6.07) is 10.8. The van der Waals surface area contributed by atoms with E-state index in [1.54, 1.807) is 37.3 Å². The zero-order chi connectivity index (χ0) is 15.4. The second-order valence-corrected chi connectivity index (χ2v) is 4.52. The Kier molecular flexibility index (Phi) is 4.41. The van der Waals surface area contributed by atoms with E-state index < -0.39 is 11.9 Å². The summed E-state index contributed by atoms with van der Waals surface area (Å²) in [6.07, 6.45) is 0. The molecule has 0 spiro atoms. The molecule has 0 unspecified atom stereocenters. The highest BCUT2D eigenvalue weighted by Gasteiger charge is 2.16. The van der Waals surface area contributed by atoms with Gasteiger partial charge in [0, 0.05) is 17.7 Å². The number of hydrogen-bond donors (Lipinski definition) is 1. The van der Waals surface area contributed by atoms with Crippen LogP contribution < -0.4 is 15.2 Å². The molecule has 0 amide bonds. The normalized spacial score (nSPS) is 11.6. The minimum Gasteiger partial charge on any atom is -0.493 e. The van der Waals surface area contributed by atoms with Crippen molar-refractivity contribution in [1.82, 2.24) is 0 Å². The molecule has 0 aromatic heterocycles. The van der Waals surface area contributed by atoms with Gasteiger partial charge in [-0.3, -0.25) is 0 Å². The standard InChI is InChI=1S/C16H15FN2O2/c1-10(19)16-12(17)4-3-5-14(16)21-13-7-6-11(9-18)8-15(13)20-2/h3-8,10H,19H2,1-2H3/t10-/m1/s1. The van der Waals surface area contributed by atoms with E-state index in [0.29, 0.717) is 28.4 Å². The molecule has 21 heavy (non-hydrogen) atoms. The summed E-state index contributed by atoms with van der Waals surface area (Å²) in [5, 5.41) is 8.88. The van der Waals surface area contributed by atoms with Gasteiger partial charge >= 0.3 is 0 Å². The van der Waals surface area contributed by atoms with E-state index in [1.807, 2.05) is 6.07 Å². The first kappa shape index (κ1) is 14.8. The molecular weight excluding hydrogens is 271 g/mol. The Hall–Kier alpha value is -2.58. The zero-order valence-electron chi connectivity index (χ0n) is 11.8. The van der Waals surface area contributed by atoms with Crippen LogP contribution in [-0.2, 0) is 0 Å². The fraction of sp³-hybridized carbons (Fsp3) is 0.188. The van der Waals surface area contributed by atoms with Gasteiger partial charge in [-0.2, -0.15) is 5.26 Å². The third-order valence-corrected chi connectivity index (χ3v) is 2.98. The molecular formula is C16H15FN2O2. The molecule has 0 saturated heterocycles.